The summed E-state index contributed by atoms with van der Waals surface area (Å²) in [5, 5.41) is 3.43. The lowest BCUT2D eigenvalue weighted by molar-refractivity contribution is 0.0407. The molecule has 1 N–H and O–H groups in total. The lowest BCUT2D eigenvalue weighted by Crippen LogP contribution is -2.30. The Labute approximate surface area is 95.6 Å². The van der Waals surface area contributed by atoms with Crippen molar-refractivity contribution in [2.75, 3.05) is 20.3 Å². The molecule has 2 unspecified atom stereocenters. The summed E-state index contributed by atoms with van der Waals surface area (Å²) in [6, 6.07) is 4.92. The molecule has 1 aliphatic rings. The quantitative estimate of drug-likeness (QED) is 0.854. The minimum Gasteiger partial charge on any atom is -0.381 e. The summed E-state index contributed by atoms with van der Waals surface area (Å²) in [5.41, 5.74) is 0. The average Bonchev–Trinajstić information content (AvgIpc) is 2.68. The van der Waals surface area contributed by atoms with Crippen LogP contribution in [0.1, 0.15) is 28.6 Å². The zero-order valence-corrected chi connectivity index (χ0v) is 10.3. The summed E-state index contributed by atoms with van der Waals surface area (Å²) in [7, 11) is 2.05. The van der Waals surface area contributed by atoms with Crippen molar-refractivity contribution in [1.29, 1.82) is 0 Å². The van der Waals surface area contributed by atoms with Crippen LogP contribution in [0, 0.1) is 12.8 Å². The van der Waals surface area contributed by atoms with Gasteiger partial charge in [-0.3, -0.25) is 0 Å². The summed E-state index contributed by atoms with van der Waals surface area (Å²) in [6.07, 6.45) is 2.48. The van der Waals surface area contributed by atoms with E-state index < -0.39 is 0 Å². The maximum absolute atomic E-state index is 5.56. The number of aryl methyl sites for hydroxylation is 1. The van der Waals surface area contributed by atoms with Crippen molar-refractivity contribution in [3.8, 4) is 0 Å². The van der Waals surface area contributed by atoms with Gasteiger partial charge in [-0.05, 0) is 38.9 Å². The largest absolute Gasteiger partial charge is 0.381 e. The van der Waals surface area contributed by atoms with Crippen molar-refractivity contribution in [2.45, 2.75) is 25.8 Å². The van der Waals surface area contributed by atoms with Crippen molar-refractivity contribution in [2.24, 2.45) is 5.92 Å². The van der Waals surface area contributed by atoms with Crippen LogP contribution in [0.5, 0.6) is 0 Å². The summed E-state index contributed by atoms with van der Waals surface area (Å²) in [5.74, 6) is 0.641. The number of hydrogen-bond donors (Lipinski definition) is 1. The molecule has 3 heteroatoms. The Morgan fingerprint density at radius 2 is 2.40 bits per heavy atom. The molecule has 2 atom stereocenters. The Hall–Kier alpha value is -0.380. The first kappa shape index (κ1) is 11.1. The van der Waals surface area contributed by atoms with Crippen LogP contribution >= 0.6 is 11.3 Å². The maximum Gasteiger partial charge on any atom is 0.0512 e. The molecule has 1 aromatic rings. The SMILES string of the molecule is CNC(c1ccc(C)s1)C1CCCOC1. The van der Waals surface area contributed by atoms with E-state index in [-0.39, 0.29) is 0 Å². The fraction of sp³-hybridized carbons (Fsp3) is 0.667. The first-order valence-corrected chi connectivity index (χ1v) is 6.44. The van der Waals surface area contributed by atoms with Crippen molar-refractivity contribution in [1.82, 2.24) is 5.32 Å². The lowest BCUT2D eigenvalue weighted by Gasteiger charge is -2.29. The zero-order chi connectivity index (χ0) is 10.7. The number of ether oxygens (including phenoxy) is 1. The maximum atomic E-state index is 5.56. The first-order chi connectivity index (χ1) is 7.31. The molecule has 15 heavy (non-hydrogen) atoms. The molecule has 1 aromatic heterocycles. The summed E-state index contributed by atoms with van der Waals surface area (Å²) in [4.78, 5) is 2.84. The summed E-state index contributed by atoms with van der Waals surface area (Å²) >= 11 is 1.90. The van der Waals surface area contributed by atoms with Gasteiger partial charge in [0.25, 0.3) is 0 Å². The third-order valence-electron chi connectivity index (χ3n) is 3.05. The van der Waals surface area contributed by atoms with E-state index in [1.54, 1.807) is 0 Å². The van der Waals surface area contributed by atoms with E-state index in [2.05, 4.69) is 24.4 Å². The molecular weight excluding hydrogens is 206 g/mol. The topological polar surface area (TPSA) is 21.3 Å². The third kappa shape index (κ3) is 2.60. The van der Waals surface area contributed by atoms with Gasteiger partial charge in [-0.15, -0.1) is 11.3 Å². The van der Waals surface area contributed by atoms with Gasteiger partial charge in [0.2, 0.25) is 0 Å². The smallest absolute Gasteiger partial charge is 0.0512 e. The van der Waals surface area contributed by atoms with E-state index in [4.69, 9.17) is 4.74 Å². The Kier molecular flexibility index (Phi) is 3.78. The highest BCUT2D eigenvalue weighted by atomic mass is 32.1. The van der Waals surface area contributed by atoms with Crippen molar-refractivity contribution in [3.05, 3.63) is 21.9 Å². The normalized spacial score (nSPS) is 24.0. The molecule has 2 heterocycles. The van der Waals surface area contributed by atoms with Gasteiger partial charge in [0.1, 0.15) is 0 Å². The number of nitrogens with one attached hydrogen (secondary N) is 1. The van der Waals surface area contributed by atoms with Gasteiger partial charge in [-0.25, -0.2) is 0 Å². The Morgan fingerprint density at radius 1 is 1.53 bits per heavy atom. The van der Waals surface area contributed by atoms with Crippen molar-refractivity contribution < 1.29 is 4.74 Å². The molecule has 0 radical (unpaired) electrons. The van der Waals surface area contributed by atoms with E-state index in [9.17, 15) is 0 Å². The fourth-order valence-corrected chi connectivity index (χ4v) is 3.34. The third-order valence-corrected chi connectivity index (χ3v) is 4.13. The standard InChI is InChI=1S/C12H19NOS/c1-9-5-6-11(15-9)12(13-2)10-4-3-7-14-8-10/h5-6,10,12-13H,3-4,7-8H2,1-2H3. The monoisotopic (exact) mass is 225 g/mol. The average molecular weight is 225 g/mol. The van der Waals surface area contributed by atoms with Crippen LogP contribution < -0.4 is 5.32 Å². The van der Waals surface area contributed by atoms with Crippen LogP contribution in [0.4, 0.5) is 0 Å². The lowest BCUT2D eigenvalue weighted by atomic mass is 9.93. The molecule has 0 amide bonds. The molecule has 0 aliphatic carbocycles. The van der Waals surface area contributed by atoms with Gasteiger partial charge in [-0.2, -0.15) is 0 Å². The van der Waals surface area contributed by atoms with Gasteiger partial charge in [0.05, 0.1) is 6.61 Å². The van der Waals surface area contributed by atoms with E-state index in [1.165, 1.54) is 22.6 Å². The second-order valence-electron chi connectivity index (χ2n) is 4.19. The molecule has 0 spiro atoms. The zero-order valence-electron chi connectivity index (χ0n) is 9.45. The Morgan fingerprint density at radius 3 is 2.93 bits per heavy atom. The fourth-order valence-electron chi connectivity index (χ4n) is 2.26. The van der Waals surface area contributed by atoms with E-state index >= 15 is 0 Å². The van der Waals surface area contributed by atoms with Crippen LogP contribution in [-0.4, -0.2) is 20.3 Å². The van der Waals surface area contributed by atoms with Gasteiger partial charge in [-0.1, -0.05) is 0 Å². The second-order valence-corrected chi connectivity index (χ2v) is 5.51. The molecule has 2 nitrogen and oxygen atoms in total. The highest BCUT2D eigenvalue weighted by Gasteiger charge is 2.25. The van der Waals surface area contributed by atoms with E-state index in [1.807, 2.05) is 18.4 Å². The Bertz CT molecular complexity index is 304. The highest BCUT2D eigenvalue weighted by Crippen LogP contribution is 2.32. The molecule has 1 fully saturated rings. The number of rotatable bonds is 3. The second kappa shape index (κ2) is 5.10. The minimum atomic E-state index is 0.476. The highest BCUT2D eigenvalue weighted by molar-refractivity contribution is 7.12. The molecule has 0 bridgehead atoms. The molecular formula is C12H19NOS. The van der Waals surface area contributed by atoms with Crippen LogP contribution in [0.2, 0.25) is 0 Å². The Balaban J connectivity index is 2.08. The predicted octanol–water partition coefficient (Wildman–Crippen LogP) is 2.74. The predicted molar refractivity (Wildman–Crippen MR) is 64.4 cm³/mol. The van der Waals surface area contributed by atoms with E-state index in [0.717, 1.165) is 13.2 Å². The van der Waals surface area contributed by atoms with Crippen LogP contribution in [0.15, 0.2) is 12.1 Å². The molecule has 1 saturated heterocycles. The molecule has 0 aromatic carbocycles. The molecule has 2 rings (SSSR count). The molecule has 1 aliphatic heterocycles. The molecule has 0 saturated carbocycles. The first-order valence-electron chi connectivity index (χ1n) is 5.62. The van der Waals surface area contributed by atoms with Crippen molar-refractivity contribution in [3.63, 3.8) is 0 Å². The number of thiophene rings is 1. The van der Waals surface area contributed by atoms with Crippen LogP contribution in [-0.2, 0) is 4.74 Å². The van der Waals surface area contributed by atoms with Gasteiger partial charge < -0.3 is 10.1 Å². The van der Waals surface area contributed by atoms with Crippen LogP contribution in [0.3, 0.4) is 0 Å². The van der Waals surface area contributed by atoms with Gasteiger partial charge >= 0.3 is 0 Å². The van der Waals surface area contributed by atoms with Gasteiger partial charge in [0.15, 0.2) is 0 Å². The van der Waals surface area contributed by atoms with Crippen LogP contribution in [0.25, 0.3) is 0 Å². The van der Waals surface area contributed by atoms with E-state index in [0.29, 0.717) is 12.0 Å². The van der Waals surface area contributed by atoms with Crippen molar-refractivity contribution >= 4 is 11.3 Å². The molecule has 84 valence electrons. The van der Waals surface area contributed by atoms with Gasteiger partial charge in [0, 0.05) is 28.3 Å². The summed E-state index contributed by atoms with van der Waals surface area (Å²) in [6.45, 7) is 4.01. The summed E-state index contributed by atoms with van der Waals surface area (Å²) < 4.78 is 5.56. The number of hydrogen-bond acceptors (Lipinski definition) is 3. The minimum absolute atomic E-state index is 0.476.